The molecule has 1 saturated heterocycles. The Labute approximate surface area is 163 Å². The highest BCUT2D eigenvalue weighted by Gasteiger charge is 2.27. The smallest absolute Gasteiger partial charge is 0.131 e. The Bertz CT molecular complexity index is 497. The summed E-state index contributed by atoms with van der Waals surface area (Å²) >= 11 is 0. The second-order valence-corrected chi connectivity index (χ2v) is 6.06. The van der Waals surface area contributed by atoms with Crippen LogP contribution in [-0.2, 0) is 0 Å². The molecule has 25 heavy (non-hydrogen) atoms. The summed E-state index contributed by atoms with van der Waals surface area (Å²) in [7, 11) is 3.25. The van der Waals surface area contributed by atoms with Gasteiger partial charge >= 0.3 is 0 Å². The third-order valence-corrected chi connectivity index (χ3v) is 4.56. The molecule has 1 atom stereocenters. The van der Waals surface area contributed by atoms with E-state index in [1.165, 1.54) is 12.8 Å². The van der Waals surface area contributed by atoms with E-state index >= 15 is 0 Å². The van der Waals surface area contributed by atoms with E-state index in [-0.39, 0.29) is 36.6 Å². The van der Waals surface area contributed by atoms with Crippen molar-refractivity contribution in [2.45, 2.75) is 38.6 Å². The van der Waals surface area contributed by atoms with Crippen molar-refractivity contribution >= 4 is 24.8 Å². The van der Waals surface area contributed by atoms with Gasteiger partial charge in [0.1, 0.15) is 17.2 Å². The first-order chi connectivity index (χ1) is 11.2. The van der Waals surface area contributed by atoms with Crippen molar-refractivity contribution in [3.05, 3.63) is 17.7 Å². The quantitative estimate of drug-likeness (QED) is 0.657. The van der Waals surface area contributed by atoms with Crippen LogP contribution in [0.25, 0.3) is 0 Å². The lowest BCUT2D eigenvalue weighted by atomic mass is 9.96. The van der Waals surface area contributed by atoms with Gasteiger partial charge in [0.2, 0.25) is 0 Å². The zero-order chi connectivity index (χ0) is 16.7. The van der Waals surface area contributed by atoms with E-state index in [9.17, 15) is 5.11 Å². The molecule has 7 heteroatoms. The van der Waals surface area contributed by atoms with Crippen LogP contribution < -0.4 is 14.8 Å². The molecule has 1 aromatic rings. The second kappa shape index (κ2) is 12.5. The zero-order valence-corrected chi connectivity index (χ0v) is 17.0. The second-order valence-electron chi connectivity index (χ2n) is 6.06. The van der Waals surface area contributed by atoms with Gasteiger partial charge in [-0.25, -0.2) is 0 Å². The van der Waals surface area contributed by atoms with Gasteiger partial charge in [-0.3, -0.25) is 4.90 Å². The largest absolute Gasteiger partial charge is 0.507 e. The zero-order valence-electron chi connectivity index (χ0n) is 15.4. The first kappa shape index (κ1) is 24.1. The first-order valence-electron chi connectivity index (χ1n) is 8.60. The first-order valence-corrected chi connectivity index (χ1v) is 8.60. The van der Waals surface area contributed by atoms with Crippen molar-refractivity contribution in [2.75, 3.05) is 40.4 Å². The Morgan fingerprint density at radius 1 is 1.12 bits per heavy atom. The van der Waals surface area contributed by atoms with E-state index in [1.807, 2.05) is 6.07 Å². The van der Waals surface area contributed by atoms with E-state index in [0.717, 1.165) is 44.6 Å². The van der Waals surface area contributed by atoms with Gasteiger partial charge in [0.25, 0.3) is 0 Å². The minimum Gasteiger partial charge on any atom is -0.507 e. The highest BCUT2D eigenvalue weighted by Crippen LogP contribution is 2.42. The average molecular weight is 395 g/mol. The van der Waals surface area contributed by atoms with E-state index in [2.05, 4.69) is 17.1 Å². The fraction of sp³-hybridized carbons (Fsp3) is 0.667. The van der Waals surface area contributed by atoms with Crippen LogP contribution in [0.3, 0.4) is 0 Å². The fourth-order valence-electron chi connectivity index (χ4n) is 3.30. The van der Waals surface area contributed by atoms with E-state index in [1.54, 1.807) is 20.3 Å². The summed E-state index contributed by atoms with van der Waals surface area (Å²) in [6, 6.07) is 3.74. The monoisotopic (exact) mass is 394 g/mol. The lowest BCUT2D eigenvalue weighted by Crippen LogP contribution is -2.45. The molecule has 2 rings (SSSR count). The minimum atomic E-state index is 0. The molecule has 0 saturated carbocycles. The number of aromatic hydroxyl groups is 1. The molecule has 5 nitrogen and oxygen atoms in total. The maximum atomic E-state index is 10.6. The molecule has 1 aliphatic rings. The summed E-state index contributed by atoms with van der Waals surface area (Å²) in [5.74, 6) is 1.60. The summed E-state index contributed by atoms with van der Waals surface area (Å²) in [6.07, 6.45) is 4.59. The molecule has 0 bridgehead atoms. The maximum absolute atomic E-state index is 10.6. The van der Waals surface area contributed by atoms with E-state index in [0.29, 0.717) is 11.5 Å². The Kier molecular flexibility index (Phi) is 12.0. The van der Waals surface area contributed by atoms with Crippen LogP contribution >= 0.6 is 24.8 Å². The van der Waals surface area contributed by atoms with Crippen LogP contribution in [0.15, 0.2) is 12.1 Å². The molecule has 0 spiro atoms. The Balaban J connectivity index is 0.00000288. The number of nitrogens with one attached hydrogen (secondary N) is 1. The van der Waals surface area contributed by atoms with Crippen LogP contribution in [0.2, 0.25) is 0 Å². The summed E-state index contributed by atoms with van der Waals surface area (Å²) in [4.78, 5) is 2.45. The summed E-state index contributed by atoms with van der Waals surface area (Å²) < 4.78 is 10.8. The Morgan fingerprint density at radius 2 is 1.80 bits per heavy atom. The predicted octanol–water partition coefficient (Wildman–Crippen LogP) is 3.78. The van der Waals surface area contributed by atoms with Gasteiger partial charge in [-0.2, -0.15) is 0 Å². The number of phenolic OH excluding ortho intramolecular Hbond substituents is 1. The van der Waals surface area contributed by atoms with Crippen LogP contribution in [0.4, 0.5) is 0 Å². The lowest BCUT2D eigenvalue weighted by molar-refractivity contribution is 0.157. The van der Waals surface area contributed by atoms with E-state index in [4.69, 9.17) is 9.47 Å². The fourth-order valence-corrected chi connectivity index (χ4v) is 3.30. The third kappa shape index (κ3) is 6.41. The number of methoxy groups -OCH3 is 2. The SMILES string of the molecule is CCCCC[C@H](c1c(O)cc(OC)cc1OC)N1CCNCC1.Cl.Cl. The van der Waals surface area contributed by atoms with Crippen molar-refractivity contribution in [2.24, 2.45) is 0 Å². The van der Waals surface area contributed by atoms with Crippen LogP contribution in [-0.4, -0.2) is 50.4 Å². The molecule has 0 amide bonds. The van der Waals surface area contributed by atoms with Gasteiger partial charge in [0.15, 0.2) is 0 Å². The standard InChI is InChI=1S/C18H30N2O3.2ClH/c1-4-5-6-7-15(20-10-8-19-9-11-20)18-16(21)12-14(22-2)13-17(18)23-3;;/h12-13,15,19,21H,4-11H2,1-3H3;2*1H/t15-;;/m1../s1. The average Bonchev–Trinajstić information content (AvgIpc) is 2.59. The number of nitrogens with zero attached hydrogens (tertiary/aromatic N) is 1. The number of benzene rings is 1. The van der Waals surface area contributed by atoms with Gasteiger partial charge in [0.05, 0.1) is 19.8 Å². The number of hydrogen-bond donors (Lipinski definition) is 2. The molecule has 146 valence electrons. The van der Waals surface area contributed by atoms with Crippen LogP contribution in [0.5, 0.6) is 17.2 Å². The molecule has 1 heterocycles. The van der Waals surface area contributed by atoms with Gasteiger partial charge in [-0.15, -0.1) is 24.8 Å². The Morgan fingerprint density at radius 3 is 2.36 bits per heavy atom. The predicted molar refractivity (Wildman–Crippen MR) is 107 cm³/mol. The number of hydrogen-bond acceptors (Lipinski definition) is 5. The number of halogens is 2. The Hall–Kier alpha value is -0.880. The van der Waals surface area contributed by atoms with Crippen molar-refractivity contribution in [3.63, 3.8) is 0 Å². The molecule has 0 aromatic heterocycles. The minimum absolute atomic E-state index is 0. The van der Waals surface area contributed by atoms with Crippen LogP contribution in [0.1, 0.15) is 44.2 Å². The van der Waals surface area contributed by atoms with Crippen molar-refractivity contribution in [1.82, 2.24) is 10.2 Å². The van der Waals surface area contributed by atoms with Crippen LogP contribution in [0, 0.1) is 0 Å². The number of ether oxygens (including phenoxy) is 2. The molecule has 1 aromatic carbocycles. The molecule has 1 fully saturated rings. The molecular weight excluding hydrogens is 363 g/mol. The van der Waals surface area contributed by atoms with Crippen molar-refractivity contribution < 1.29 is 14.6 Å². The highest BCUT2D eigenvalue weighted by atomic mass is 35.5. The lowest BCUT2D eigenvalue weighted by Gasteiger charge is -2.36. The normalized spacial score (nSPS) is 15.6. The summed E-state index contributed by atoms with van der Waals surface area (Å²) in [5.41, 5.74) is 0.895. The number of piperazine rings is 1. The topological polar surface area (TPSA) is 54.0 Å². The molecule has 1 aliphatic heterocycles. The van der Waals surface area contributed by atoms with Gasteiger partial charge in [0, 0.05) is 44.4 Å². The molecule has 0 unspecified atom stereocenters. The third-order valence-electron chi connectivity index (χ3n) is 4.56. The van der Waals surface area contributed by atoms with Gasteiger partial charge < -0.3 is 19.9 Å². The number of unbranched alkanes of at least 4 members (excludes halogenated alkanes) is 2. The molecule has 0 aliphatic carbocycles. The maximum Gasteiger partial charge on any atom is 0.131 e. The summed E-state index contributed by atoms with van der Waals surface area (Å²) in [6.45, 7) is 6.18. The highest BCUT2D eigenvalue weighted by molar-refractivity contribution is 5.85. The van der Waals surface area contributed by atoms with Gasteiger partial charge in [-0.1, -0.05) is 26.2 Å². The molecular formula is C18H32Cl2N2O3. The van der Waals surface area contributed by atoms with E-state index < -0.39 is 0 Å². The van der Waals surface area contributed by atoms with Crippen molar-refractivity contribution in [3.8, 4) is 17.2 Å². The molecule has 0 radical (unpaired) electrons. The number of phenols is 1. The number of rotatable bonds is 8. The van der Waals surface area contributed by atoms with Crippen molar-refractivity contribution in [1.29, 1.82) is 0 Å². The molecule has 2 N–H and O–H groups in total. The summed E-state index contributed by atoms with van der Waals surface area (Å²) in [5, 5.41) is 14.0. The van der Waals surface area contributed by atoms with Gasteiger partial charge in [-0.05, 0) is 6.42 Å².